The van der Waals surface area contributed by atoms with Gasteiger partial charge in [-0.25, -0.2) is 14.4 Å². The summed E-state index contributed by atoms with van der Waals surface area (Å²) in [6.07, 6.45) is 2.52. The Morgan fingerprint density at radius 1 is 1.21 bits per heavy atom. The predicted octanol–water partition coefficient (Wildman–Crippen LogP) is 4.39. The Hall–Kier alpha value is -1.19. The maximum Gasteiger partial charge on any atom is 0.134 e. The number of hydrogen-bond acceptors (Lipinski definition) is 2. The molecular weight excluding hydrogens is 286 g/mol. The second-order valence-corrected chi connectivity index (χ2v) is 5.48. The van der Waals surface area contributed by atoms with Gasteiger partial charge in [-0.3, -0.25) is 0 Å². The van der Waals surface area contributed by atoms with Crippen LogP contribution < -0.4 is 0 Å². The van der Waals surface area contributed by atoms with Gasteiger partial charge in [0.2, 0.25) is 0 Å². The van der Waals surface area contributed by atoms with Crippen LogP contribution in [0.1, 0.15) is 35.8 Å². The quantitative estimate of drug-likeness (QED) is 0.785. The van der Waals surface area contributed by atoms with E-state index in [9.17, 15) is 4.39 Å². The minimum absolute atomic E-state index is 0.256. The summed E-state index contributed by atoms with van der Waals surface area (Å²) in [6, 6.07) is 6.40. The van der Waals surface area contributed by atoms with Crippen molar-refractivity contribution in [1.82, 2.24) is 9.97 Å². The topological polar surface area (TPSA) is 25.8 Å². The van der Waals surface area contributed by atoms with Gasteiger partial charge in [0.1, 0.15) is 16.8 Å². The summed E-state index contributed by atoms with van der Waals surface area (Å²) in [5.41, 5.74) is 1.36. The molecule has 1 aromatic heterocycles. The van der Waals surface area contributed by atoms with Gasteiger partial charge in [0, 0.05) is 28.6 Å². The molecule has 0 atom stereocenters. The third-order valence-electron chi connectivity index (χ3n) is 3.15. The van der Waals surface area contributed by atoms with Gasteiger partial charge in [0.25, 0.3) is 0 Å². The van der Waals surface area contributed by atoms with Crippen molar-refractivity contribution in [3.05, 3.63) is 57.3 Å². The molecular formula is C14H11Cl2FN2. The van der Waals surface area contributed by atoms with Crippen LogP contribution in [0.15, 0.2) is 24.3 Å². The monoisotopic (exact) mass is 296 g/mol. The SMILES string of the molecule is Fc1cccc(Cl)c1Cc1nc(Cl)cc(C2CC2)n1. The van der Waals surface area contributed by atoms with Gasteiger partial charge in [-0.2, -0.15) is 0 Å². The van der Waals surface area contributed by atoms with E-state index in [0.29, 0.717) is 27.5 Å². The van der Waals surface area contributed by atoms with Crippen molar-refractivity contribution in [2.75, 3.05) is 0 Å². The van der Waals surface area contributed by atoms with Gasteiger partial charge in [-0.1, -0.05) is 29.3 Å². The molecule has 1 aliphatic carbocycles. The number of aromatic nitrogens is 2. The summed E-state index contributed by atoms with van der Waals surface area (Å²) < 4.78 is 13.7. The van der Waals surface area contributed by atoms with E-state index >= 15 is 0 Å². The summed E-state index contributed by atoms with van der Waals surface area (Å²) in [6.45, 7) is 0. The summed E-state index contributed by atoms with van der Waals surface area (Å²) in [5, 5.41) is 0.788. The molecule has 0 bridgehead atoms. The molecule has 0 aliphatic heterocycles. The van der Waals surface area contributed by atoms with Gasteiger partial charge < -0.3 is 0 Å². The fraction of sp³-hybridized carbons (Fsp3) is 0.286. The zero-order valence-corrected chi connectivity index (χ0v) is 11.5. The molecule has 1 heterocycles. The normalized spacial score (nSPS) is 14.7. The van der Waals surface area contributed by atoms with Gasteiger partial charge in [0.05, 0.1) is 0 Å². The van der Waals surface area contributed by atoms with Gasteiger partial charge in [-0.05, 0) is 31.0 Å². The molecule has 98 valence electrons. The average Bonchev–Trinajstić information content (AvgIpc) is 3.17. The Kier molecular flexibility index (Phi) is 3.42. The Balaban J connectivity index is 1.94. The molecule has 0 N–H and O–H groups in total. The maximum atomic E-state index is 13.7. The van der Waals surface area contributed by atoms with E-state index in [1.165, 1.54) is 6.07 Å². The molecule has 19 heavy (non-hydrogen) atoms. The van der Waals surface area contributed by atoms with Crippen molar-refractivity contribution in [3.8, 4) is 0 Å². The van der Waals surface area contributed by atoms with E-state index in [1.807, 2.05) is 0 Å². The highest BCUT2D eigenvalue weighted by atomic mass is 35.5. The Morgan fingerprint density at radius 2 is 2.00 bits per heavy atom. The number of benzene rings is 1. The Bertz CT molecular complexity index is 607. The van der Waals surface area contributed by atoms with Crippen molar-refractivity contribution < 1.29 is 4.39 Å². The molecule has 2 nitrogen and oxygen atoms in total. The summed E-state index contributed by atoms with van der Waals surface area (Å²) >= 11 is 12.0. The third-order valence-corrected chi connectivity index (χ3v) is 3.70. The highest BCUT2D eigenvalue weighted by Gasteiger charge is 2.26. The second-order valence-electron chi connectivity index (χ2n) is 4.68. The molecule has 5 heteroatoms. The molecule has 2 aromatic rings. The van der Waals surface area contributed by atoms with Gasteiger partial charge >= 0.3 is 0 Å². The zero-order chi connectivity index (χ0) is 13.4. The molecule has 1 aliphatic rings. The van der Waals surface area contributed by atoms with Crippen LogP contribution in [0, 0.1) is 5.82 Å². The van der Waals surface area contributed by atoms with Crippen LogP contribution in [0.5, 0.6) is 0 Å². The van der Waals surface area contributed by atoms with Crippen molar-refractivity contribution >= 4 is 23.2 Å². The smallest absolute Gasteiger partial charge is 0.134 e. The van der Waals surface area contributed by atoms with Crippen LogP contribution >= 0.6 is 23.2 Å². The number of nitrogens with zero attached hydrogens (tertiary/aromatic N) is 2. The molecule has 0 spiro atoms. The van der Waals surface area contributed by atoms with Gasteiger partial charge in [0.15, 0.2) is 0 Å². The predicted molar refractivity (Wildman–Crippen MR) is 73.2 cm³/mol. The lowest BCUT2D eigenvalue weighted by molar-refractivity contribution is 0.612. The highest BCUT2D eigenvalue weighted by molar-refractivity contribution is 6.31. The van der Waals surface area contributed by atoms with E-state index in [0.717, 1.165) is 18.5 Å². The zero-order valence-electron chi connectivity index (χ0n) is 10.0. The van der Waals surface area contributed by atoms with Crippen molar-refractivity contribution in [2.45, 2.75) is 25.2 Å². The number of halogens is 3. The minimum atomic E-state index is -0.343. The first-order valence-corrected chi connectivity index (χ1v) is 6.85. The molecule has 0 radical (unpaired) electrons. The van der Waals surface area contributed by atoms with Crippen LogP contribution in [0.4, 0.5) is 4.39 Å². The van der Waals surface area contributed by atoms with Crippen LogP contribution in [0.3, 0.4) is 0 Å². The van der Waals surface area contributed by atoms with Gasteiger partial charge in [-0.15, -0.1) is 0 Å². The first-order chi connectivity index (χ1) is 9.13. The number of hydrogen-bond donors (Lipinski definition) is 0. The summed E-state index contributed by atoms with van der Waals surface area (Å²) in [5.74, 6) is 0.654. The average molecular weight is 297 g/mol. The van der Waals surface area contributed by atoms with E-state index in [2.05, 4.69) is 9.97 Å². The lowest BCUT2D eigenvalue weighted by atomic mass is 10.1. The largest absolute Gasteiger partial charge is 0.237 e. The third kappa shape index (κ3) is 2.88. The summed E-state index contributed by atoms with van der Waals surface area (Å²) in [4.78, 5) is 8.60. The fourth-order valence-corrected chi connectivity index (χ4v) is 2.45. The number of rotatable bonds is 3. The van der Waals surface area contributed by atoms with E-state index in [-0.39, 0.29) is 12.2 Å². The molecule has 1 saturated carbocycles. The van der Waals surface area contributed by atoms with Crippen LogP contribution in [0.25, 0.3) is 0 Å². The van der Waals surface area contributed by atoms with Crippen molar-refractivity contribution in [3.63, 3.8) is 0 Å². The van der Waals surface area contributed by atoms with Crippen LogP contribution in [-0.2, 0) is 6.42 Å². The summed E-state index contributed by atoms with van der Waals surface area (Å²) in [7, 11) is 0. The molecule has 0 saturated heterocycles. The second kappa shape index (κ2) is 5.06. The highest BCUT2D eigenvalue weighted by Crippen LogP contribution is 2.39. The van der Waals surface area contributed by atoms with Crippen LogP contribution in [-0.4, -0.2) is 9.97 Å². The van der Waals surface area contributed by atoms with E-state index in [4.69, 9.17) is 23.2 Å². The van der Waals surface area contributed by atoms with Crippen LogP contribution in [0.2, 0.25) is 10.2 Å². The Morgan fingerprint density at radius 3 is 2.68 bits per heavy atom. The van der Waals surface area contributed by atoms with E-state index < -0.39 is 0 Å². The maximum absolute atomic E-state index is 13.7. The first-order valence-electron chi connectivity index (χ1n) is 6.10. The lowest BCUT2D eigenvalue weighted by Gasteiger charge is -2.07. The molecule has 3 rings (SSSR count). The lowest BCUT2D eigenvalue weighted by Crippen LogP contribution is -2.02. The molecule has 1 fully saturated rings. The van der Waals surface area contributed by atoms with Crippen molar-refractivity contribution in [1.29, 1.82) is 0 Å². The minimum Gasteiger partial charge on any atom is -0.237 e. The molecule has 1 aromatic carbocycles. The molecule has 0 unspecified atom stereocenters. The first kappa shape index (κ1) is 12.8. The standard InChI is InChI=1S/C14H11Cl2FN2/c15-10-2-1-3-11(17)9(10)6-14-18-12(8-4-5-8)7-13(16)19-14/h1-3,7-8H,4-6H2. The Labute approximate surface area is 120 Å². The molecule has 0 amide bonds. The van der Waals surface area contributed by atoms with E-state index in [1.54, 1.807) is 18.2 Å². The van der Waals surface area contributed by atoms with Crippen molar-refractivity contribution in [2.24, 2.45) is 0 Å². The fourth-order valence-electron chi connectivity index (χ4n) is 2.01.